The van der Waals surface area contributed by atoms with Crippen LogP contribution in [0.4, 0.5) is 0 Å². The van der Waals surface area contributed by atoms with Crippen molar-refractivity contribution < 1.29 is 9.90 Å². The van der Waals surface area contributed by atoms with Gasteiger partial charge in [0.2, 0.25) is 5.91 Å². The summed E-state index contributed by atoms with van der Waals surface area (Å²) in [5, 5.41) is 15.5. The number of nitrogens with zero attached hydrogens (tertiary/aromatic N) is 1. The van der Waals surface area contributed by atoms with Gasteiger partial charge in [-0.3, -0.25) is 4.79 Å². The molecule has 0 spiro atoms. The van der Waals surface area contributed by atoms with Gasteiger partial charge in [-0.15, -0.1) is 0 Å². The SMILES string of the molecule is CC(C)NC(=O)CNCC1CCN(C[C@@H](C)O)CC1. The predicted octanol–water partition coefficient (Wildman–Crippen LogP) is 0.193. The number of nitrogens with one attached hydrogen (secondary N) is 2. The van der Waals surface area contributed by atoms with Crippen LogP contribution in [0.25, 0.3) is 0 Å². The highest BCUT2D eigenvalue weighted by Gasteiger charge is 2.19. The zero-order valence-corrected chi connectivity index (χ0v) is 12.5. The summed E-state index contributed by atoms with van der Waals surface area (Å²) >= 11 is 0. The highest BCUT2D eigenvalue weighted by atomic mass is 16.3. The Morgan fingerprint density at radius 1 is 1.32 bits per heavy atom. The number of piperidine rings is 1. The fraction of sp³-hybridized carbons (Fsp3) is 0.929. The lowest BCUT2D eigenvalue weighted by atomic mass is 9.96. The maximum Gasteiger partial charge on any atom is 0.234 e. The number of hydrogen-bond donors (Lipinski definition) is 3. The molecule has 1 fully saturated rings. The second-order valence-electron chi connectivity index (χ2n) is 5.95. The average Bonchev–Trinajstić information content (AvgIpc) is 2.29. The van der Waals surface area contributed by atoms with Gasteiger partial charge in [-0.2, -0.15) is 0 Å². The molecule has 0 aliphatic carbocycles. The molecule has 0 aromatic carbocycles. The van der Waals surface area contributed by atoms with Crippen molar-refractivity contribution in [2.45, 2.75) is 45.8 Å². The third-order valence-corrected chi connectivity index (χ3v) is 3.40. The molecular formula is C14H29N3O2. The lowest BCUT2D eigenvalue weighted by molar-refractivity contribution is -0.120. The Labute approximate surface area is 116 Å². The largest absolute Gasteiger partial charge is 0.392 e. The van der Waals surface area contributed by atoms with E-state index in [0.29, 0.717) is 12.5 Å². The Bertz CT molecular complexity index is 261. The maximum atomic E-state index is 11.5. The summed E-state index contributed by atoms with van der Waals surface area (Å²) in [7, 11) is 0. The van der Waals surface area contributed by atoms with Crippen LogP contribution < -0.4 is 10.6 Å². The molecule has 1 rings (SSSR count). The summed E-state index contributed by atoms with van der Waals surface area (Å²) in [6, 6.07) is 0.206. The van der Waals surface area contributed by atoms with Crippen molar-refractivity contribution in [2.24, 2.45) is 5.92 Å². The summed E-state index contributed by atoms with van der Waals surface area (Å²) in [5.74, 6) is 0.721. The molecular weight excluding hydrogens is 242 g/mol. The topological polar surface area (TPSA) is 64.6 Å². The van der Waals surface area contributed by atoms with Crippen LogP contribution in [0.5, 0.6) is 0 Å². The summed E-state index contributed by atoms with van der Waals surface area (Å²) in [6.07, 6.45) is 2.05. The Morgan fingerprint density at radius 2 is 1.95 bits per heavy atom. The molecule has 0 radical (unpaired) electrons. The van der Waals surface area contributed by atoms with Crippen LogP contribution in [-0.4, -0.2) is 60.8 Å². The third kappa shape index (κ3) is 7.50. The zero-order valence-electron chi connectivity index (χ0n) is 12.5. The first-order chi connectivity index (χ1) is 8.97. The fourth-order valence-electron chi connectivity index (χ4n) is 2.51. The van der Waals surface area contributed by atoms with Crippen molar-refractivity contribution in [3.05, 3.63) is 0 Å². The lowest BCUT2D eigenvalue weighted by Crippen LogP contribution is -2.42. The molecule has 1 saturated heterocycles. The van der Waals surface area contributed by atoms with Crippen molar-refractivity contribution in [3.8, 4) is 0 Å². The van der Waals surface area contributed by atoms with Gasteiger partial charge in [0.05, 0.1) is 12.6 Å². The molecule has 1 aliphatic heterocycles. The van der Waals surface area contributed by atoms with Crippen LogP contribution in [0.2, 0.25) is 0 Å². The third-order valence-electron chi connectivity index (χ3n) is 3.40. The van der Waals surface area contributed by atoms with Gasteiger partial charge in [0.15, 0.2) is 0 Å². The van der Waals surface area contributed by atoms with E-state index in [4.69, 9.17) is 0 Å². The summed E-state index contributed by atoms with van der Waals surface area (Å²) < 4.78 is 0. The van der Waals surface area contributed by atoms with Gasteiger partial charge in [-0.25, -0.2) is 0 Å². The number of amides is 1. The fourth-order valence-corrected chi connectivity index (χ4v) is 2.51. The van der Waals surface area contributed by atoms with Crippen molar-refractivity contribution in [2.75, 3.05) is 32.7 Å². The van der Waals surface area contributed by atoms with E-state index in [9.17, 15) is 9.90 Å². The monoisotopic (exact) mass is 271 g/mol. The number of aliphatic hydroxyl groups is 1. The first-order valence-electron chi connectivity index (χ1n) is 7.38. The van der Waals surface area contributed by atoms with Gasteiger partial charge in [-0.05, 0) is 59.2 Å². The molecule has 0 aromatic heterocycles. The Kier molecular flexibility index (Phi) is 7.34. The Morgan fingerprint density at radius 3 is 2.47 bits per heavy atom. The number of rotatable bonds is 7. The van der Waals surface area contributed by atoms with Gasteiger partial charge in [0.25, 0.3) is 0 Å². The van der Waals surface area contributed by atoms with Crippen LogP contribution in [-0.2, 0) is 4.79 Å². The van der Waals surface area contributed by atoms with Gasteiger partial charge in [0, 0.05) is 12.6 Å². The van der Waals surface area contributed by atoms with Crippen LogP contribution >= 0.6 is 0 Å². The van der Waals surface area contributed by atoms with Gasteiger partial charge < -0.3 is 20.6 Å². The molecule has 1 atom stereocenters. The second-order valence-corrected chi connectivity index (χ2v) is 5.95. The van der Waals surface area contributed by atoms with Gasteiger partial charge in [0.1, 0.15) is 0 Å². The smallest absolute Gasteiger partial charge is 0.234 e. The minimum atomic E-state index is -0.241. The van der Waals surface area contributed by atoms with E-state index in [1.54, 1.807) is 0 Å². The van der Waals surface area contributed by atoms with Crippen LogP contribution in [0.1, 0.15) is 33.6 Å². The van der Waals surface area contributed by atoms with E-state index < -0.39 is 0 Å². The number of aliphatic hydroxyl groups excluding tert-OH is 1. The van der Waals surface area contributed by atoms with Crippen molar-refractivity contribution in [1.82, 2.24) is 15.5 Å². The van der Waals surface area contributed by atoms with E-state index >= 15 is 0 Å². The Balaban J connectivity index is 2.08. The minimum absolute atomic E-state index is 0.0709. The van der Waals surface area contributed by atoms with Crippen LogP contribution in [0, 0.1) is 5.92 Å². The molecule has 0 unspecified atom stereocenters. The van der Waals surface area contributed by atoms with E-state index in [1.807, 2.05) is 20.8 Å². The van der Waals surface area contributed by atoms with Crippen molar-refractivity contribution >= 4 is 5.91 Å². The first-order valence-corrected chi connectivity index (χ1v) is 7.38. The number of hydrogen-bond acceptors (Lipinski definition) is 4. The molecule has 1 aliphatic rings. The quantitative estimate of drug-likeness (QED) is 0.619. The molecule has 0 saturated carbocycles. The zero-order chi connectivity index (χ0) is 14.3. The summed E-state index contributed by atoms with van der Waals surface area (Å²) in [6.45, 7) is 9.97. The highest BCUT2D eigenvalue weighted by molar-refractivity contribution is 5.78. The number of likely N-dealkylation sites (tertiary alicyclic amines) is 1. The summed E-state index contributed by atoms with van der Waals surface area (Å²) in [5.41, 5.74) is 0. The average molecular weight is 271 g/mol. The number of β-amino-alcohol motifs (C(OH)–C–C–N with tert-alkyl or cyclic N) is 1. The number of carbonyl (C=O) groups is 1. The molecule has 0 bridgehead atoms. The van der Waals surface area contributed by atoms with Crippen molar-refractivity contribution in [3.63, 3.8) is 0 Å². The van der Waals surface area contributed by atoms with E-state index in [0.717, 1.165) is 39.0 Å². The van der Waals surface area contributed by atoms with Crippen LogP contribution in [0.15, 0.2) is 0 Å². The van der Waals surface area contributed by atoms with E-state index in [-0.39, 0.29) is 18.1 Å². The Hall–Kier alpha value is -0.650. The molecule has 0 aromatic rings. The first kappa shape index (κ1) is 16.4. The molecule has 112 valence electrons. The predicted molar refractivity (Wildman–Crippen MR) is 77.0 cm³/mol. The van der Waals surface area contributed by atoms with E-state index in [1.165, 1.54) is 0 Å². The minimum Gasteiger partial charge on any atom is -0.392 e. The maximum absolute atomic E-state index is 11.5. The van der Waals surface area contributed by atoms with Crippen molar-refractivity contribution in [1.29, 1.82) is 0 Å². The molecule has 5 nitrogen and oxygen atoms in total. The summed E-state index contributed by atoms with van der Waals surface area (Å²) in [4.78, 5) is 13.8. The lowest BCUT2D eigenvalue weighted by Gasteiger charge is -2.32. The van der Waals surface area contributed by atoms with Gasteiger partial charge in [-0.1, -0.05) is 0 Å². The molecule has 1 heterocycles. The van der Waals surface area contributed by atoms with Crippen LogP contribution in [0.3, 0.4) is 0 Å². The normalized spacial score (nSPS) is 19.6. The second kappa shape index (κ2) is 8.51. The molecule has 19 heavy (non-hydrogen) atoms. The molecule has 5 heteroatoms. The molecule has 3 N–H and O–H groups in total. The number of carbonyl (C=O) groups excluding carboxylic acids is 1. The standard InChI is InChI=1S/C14H29N3O2/c1-11(2)16-14(19)9-15-8-13-4-6-17(7-5-13)10-12(3)18/h11-13,15,18H,4-10H2,1-3H3,(H,16,19)/t12-/m1/s1. The van der Waals surface area contributed by atoms with E-state index in [2.05, 4.69) is 15.5 Å². The molecule has 1 amide bonds. The van der Waals surface area contributed by atoms with Gasteiger partial charge >= 0.3 is 0 Å². The highest BCUT2D eigenvalue weighted by Crippen LogP contribution is 2.16.